The highest BCUT2D eigenvalue weighted by Gasteiger charge is 2.12. The predicted octanol–water partition coefficient (Wildman–Crippen LogP) is 2.12. The van der Waals surface area contributed by atoms with Crippen LogP contribution in [0, 0.1) is 5.82 Å². The van der Waals surface area contributed by atoms with Gasteiger partial charge >= 0.3 is 0 Å². The second kappa shape index (κ2) is 7.68. The first-order valence-corrected chi connectivity index (χ1v) is 6.35. The maximum absolute atomic E-state index is 14.0. The fourth-order valence-electron chi connectivity index (χ4n) is 1.50. The lowest BCUT2D eigenvalue weighted by Crippen LogP contribution is -2.27. The fourth-order valence-corrected chi connectivity index (χ4v) is 2.01. The molecule has 0 saturated carbocycles. The summed E-state index contributed by atoms with van der Waals surface area (Å²) in [4.78, 5) is 0. The average molecular weight is 321 g/mol. The molecule has 0 aromatic heterocycles. The van der Waals surface area contributed by atoms with Crippen LogP contribution in [0.2, 0.25) is 0 Å². The molecule has 4 nitrogen and oxygen atoms in total. The summed E-state index contributed by atoms with van der Waals surface area (Å²) < 4.78 is 24.5. The molecule has 0 bridgehead atoms. The van der Waals surface area contributed by atoms with Crippen LogP contribution >= 0.6 is 15.9 Å². The zero-order valence-corrected chi connectivity index (χ0v) is 12.1. The number of hydrogen-bond acceptors (Lipinski definition) is 4. The maximum Gasteiger partial charge on any atom is 0.160 e. The summed E-state index contributed by atoms with van der Waals surface area (Å²) in [6.45, 7) is 1.21. The van der Waals surface area contributed by atoms with Gasteiger partial charge in [0.2, 0.25) is 0 Å². The van der Waals surface area contributed by atoms with Gasteiger partial charge in [-0.25, -0.2) is 4.39 Å². The van der Waals surface area contributed by atoms with Gasteiger partial charge in [-0.1, -0.05) is 6.07 Å². The Morgan fingerprint density at radius 1 is 1.44 bits per heavy atom. The molecule has 1 unspecified atom stereocenters. The third-order valence-corrected chi connectivity index (χ3v) is 3.45. The topological polar surface area (TPSA) is 56.5 Å². The molecule has 0 aliphatic heterocycles. The number of nitrogens with two attached hydrogens (primary N) is 1. The Labute approximate surface area is 115 Å². The molecule has 0 aliphatic rings. The number of rotatable bonds is 7. The van der Waals surface area contributed by atoms with Crippen molar-refractivity contribution < 1.29 is 13.9 Å². The van der Waals surface area contributed by atoms with Gasteiger partial charge in [-0.15, -0.1) is 0 Å². The van der Waals surface area contributed by atoms with E-state index in [1.807, 2.05) is 0 Å². The van der Waals surface area contributed by atoms with Crippen LogP contribution in [-0.2, 0) is 16.0 Å². The molecule has 0 saturated heterocycles. The zero-order chi connectivity index (χ0) is 13.5. The SMILES string of the molecule is COCC(CNc1ccc(CN)c(Br)c1F)OC. The van der Waals surface area contributed by atoms with E-state index in [1.165, 1.54) is 0 Å². The van der Waals surface area contributed by atoms with E-state index in [2.05, 4.69) is 21.2 Å². The lowest BCUT2D eigenvalue weighted by molar-refractivity contribution is 0.0365. The number of methoxy groups -OCH3 is 2. The zero-order valence-electron chi connectivity index (χ0n) is 10.5. The maximum atomic E-state index is 14.0. The van der Waals surface area contributed by atoms with Crippen molar-refractivity contribution in [3.63, 3.8) is 0 Å². The normalized spacial score (nSPS) is 12.5. The van der Waals surface area contributed by atoms with Crippen LogP contribution in [0.4, 0.5) is 10.1 Å². The van der Waals surface area contributed by atoms with Gasteiger partial charge in [0.15, 0.2) is 5.82 Å². The molecule has 102 valence electrons. The Kier molecular flexibility index (Phi) is 6.56. The second-order valence-electron chi connectivity index (χ2n) is 3.80. The van der Waals surface area contributed by atoms with Crippen molar-refractivity contribution in [1.29, 1.82) is 0 Å². The standard InChI is InChI=1S/C12H18BrFN2O2/c1-17-7-9(18-2)6-16-10-4-3-8(5-15)11(13)12(10)14/h3-4,9,16H,5-7,15H2,1-2H3. The van der Waals surface area contributed by atoms with E-state index in [0.717, 1.165) is 5.56 Å². The van der Waals surface area contributed by atoms with Gasteiger partial charge in [0.25, 0.3) is 0 Å². The van der Waals surface area contributed by atoms with E-state index in [9.17, 15) is 4.39 Å². The number of nitrogens with one attached hydrogen (secondary N) is 1. The first-order valence-electron chi connectivity index (χ1n) is 5.56. The fraction of sp³-hybridized carbons (Fsp3) is 0.500. The van der Waals surface area contributed by atoms with Gasteiger partial charge in [0.1, 0.15) is 0 Å². The van der Waals surface area contributed by atoms with Crippen LogP contribution < -0.4 is 11.1 Å². The van der Waals surface area contributed by atoms with Gasteiger partial charge in [-0.3, -0.25) is 0 Å². The monoisotopic (exact) mass is 320 g/mol. The van der Waals surface area contributed by atoms with Gasteiger partial charge in [0, 0.05) is 27.3 Å². The molecule has 18 heavy (non-hydrogen) atoms. The predicted molar refractivity (Wildman–Crippen MR) is 73.2 cm³/mol. The molecule has 6 heteroatoms. The summed E-state index contributed by atoms with van der Waals surface area (Å²) in [6, 6.07) is 3.45. The quantitative estimate of drug-likeness (QED) is 0.808. The third-order valence-electron chi connectivity index (χ3n) is 2.59. The van der Waals surface area contributed by atoms with Crippen molar-refractivity contribution in [1.82, 2.24) is 0 Å². The molecule has 0 spiro atoms. The highest BCUT2D eigenvalue weighted by Crippen LogP contribution is 2.26. The van der Waals surface area contributed by atoms with Gasteiger partial charge in [0.05, 0.1) is 22.9 Å². The minimum Gasteiger partial charge on any atom is -0.382 e. The lowest BCUT2D eigenvalue weighted by Gasteiger charge is -2.17. The van der Waals surface area contributed by atoms with E-state index in [1.54, 1.807) is 26.4 Å². The minimum absolute atomic E-state index is 0.123. The van der Waals surface area contributed by atoms with Crippen molar-refractivity contribution >= 4 is 21.6 Å². The van der Waals surface area contributed by atoms with Crippen molar-refractivity contribution in [3.8, 4) is 0 Å². The van der Waals surface area contributed by atoms with Crippen LogP contribution in [0.5, 0.6) is 0 Å². The number of ether oxygens (including phenoxy) is 2. The van der Waals surface area contributed by atoms with Gasteiger partial charge < -0.3 is 20.5 Å². The van der Waals surface area contributed by atoms with E-state index in [4.69, 9.17) is 15.2 Å². The summed E-state index contributed by atoms with van der Waals surface area (Å²) in [5.74, 6) is -0.342. The van der Waals surface area contributed by atoms with Gasteiger partial charge in [-0.2, -0.15) is 0 Å². The second-order valence-corrected chi connectivity index (χ2v) is 4.59. The molecule has 0 amide bonds. The third kappa shape index (κ3) is 3.91. The van der Waals surface area contributed by atoms with Crippen molar-refractivity contribution in [3.05, 3.63) is 28.0 Å². The summed E-state index contributed by atoms with van der Waals surface area (Å²) in [7, 11) is 3.19. The van der Waals surface area contributed by atoms with E-state index < -0.39 is 0 Å². The van der Waals surface area contributed by atoms with Gasteiger partial charge in [-0.05, 0) is 27.6 Å². The smallest absolute Gasteiger partial charge is 0.160 e. The molecule has 1 rings (SSSR count). The number of halogens is 2. The molecule has 0 radical (unpaired) electrons. The van der Waals surface area contributed by atoms with Crippen LogP contribution in [0.3, 0.4) is 0 Å². The molecule has 0 fully saturated rings. The Hall–Kier alpha value is -0.690. The van der Waals surface area contributed by atoms with Crippen molar-refractivity contribution in [2.45, 2.75) is 12.6 Å². The number of benzene rings is 1. The van der Waals surface area contributed by atoms with E-state index in [0.29, 0.717) is 29.9 Å². The molecular formula is C12H18BrFN2O2. The Morgan fingerprint density at radius 3 is 2.72 bits per heavy atom. The molecule has 0 heterocycles. The largest absolute Gasteiger partial charge is 0.382 e. The Bertz CT molecular complexity index is 391. The van der Waals surface area contributed by atoms with Crippen LogP contribution in [0.15, 0.2) is 16.6 Å². The number of hydrogen-bond donors (Lipinski definition) is 2. The number of anilines is 1. The highest BCUT2D eigenvalue weighted by molar-refractivity contribution is 9.10. The van der Waals surface area contributed by atoms with Crippen LogP contribution in [-0.4, -0.2) is 33.5 Å². The Morgan fingerprint density at radius 2 is 2.17 bits per heavy atom. The van der Waals surface area contributed by atoms with Crippen LogP contribution in [0.1, 0.15) is 5.56 Å². The van der Waals surface area contributed by atoms with Crippen LogP contribution in [0.25, 0.3) is 0 Å². The molecule has 1 atom stereocenters. The Balaban J connectivity index is 2.70. The molecule has 1 aromatic rings. The molecule has 0 aliphatic carbocycles. The first-order chi connectivity index (χ1) is 8.63. The van der Waals surface area contributed by atoms with E-state index in [-0.39, 0.29) is 11.9 Å². The van der Waals surface area contributed by atoms with E-state index >= 15 is 0 Å². The van der Waals surface area contributed by atoms with Crippen molar-refractivity contribution in [2.24, 2.45) is 5.73 Å². The summed E-state index contributed by atoms with van der Waals surface area (Å²) >= 11 is 3.20. The lowest BCUT2D eigenvalue weighted by atomic mass is 10.2. The summed E-state index contributed by atoms with van der Waals surface area (Å²) in [5.41, 5.74) is 6.65. The minimum atomic E-state index is -0.342. The molecular weight excluding hydrogens is 303 g/mol. The molecule has 3 N–H and O–H groups in total. The average Bonchev–Trinajstić information content (AvgIpc) is 2.39. The first kappa shape index (κ1) is 15.4. The summed E-state index contributed by atoms with van der Waals surface area (Å²) in [5, 5.41) is 2.99. The highest BCUT2D eigenvalue weighted by atomic mass is 79.9. The molecule has 1 aromatic carbocycles. The van der Waals surface area contributed by atoms with Crippen molar-refractivity contribution in [2.75, 3.05) is 32.7 Å². The summed E-state index contributed by atoms with van der Waals surface area (Å²) in [6.07, 6.45) is -0.123.